The van der Waals surface area contributed by atoms with Crippen molar-refractivity contribution in [3.05, 3.63) is 22.4 Å². The summed E-state index contributed by atoms with van der Waals surface area (Å²) in [6.45, 7) is 2.34. The van der Waals surface area contributed by atoms with Gasteiger partial charge in [0.05, 0.1) is 10.8 Å². The van der Waals surface area contributed by atoms with E-state index in [0.717, 1.165) is 0 Å². The van der Waals surface area contributed by atoms with Gasteiger partial charge in [-0.3, -0.25) is 19.7 Å². The van der Waals surface area contributed by atoms with Crippen LogP contribution in [0.2, 0.25) is 0 Å². The maximum absolute atomic E-state index is 12.3. The van der Waals surface area contributed by atoms with Gasteiger partial charge in [-0.1, -0.05) is 6.07 Å². The van der Waals surface area contributed by atoms with E-state index in [2.05, 4.69) is 10.6 Å². The number of rotatable bonds is 4. The summed E-state index contributed by atoms with van der Waals surface area (Å²) in [5, 5.41) is 6.15. The Hall–Kier alpha value is -2.42. The van der Waals surface area contributed by atoms with Gasteiger partial charge in [0, 0.05) is 20.1 Å². The number of piperidine rings is 1. The molecule has 8 nitrogen and oxygen atoms in total. The van der Waals surface area contributed by atoms with E-state index in [9.17, 15) is 19.2 Å². The third-order valence-corrected chi connectivity index (χ3v) is 4.83. The van der Waals surface area contributed by atoms with Crippen molar-refractivity contribution in [2.75, 3.05) is 20.1 Å². The van der Waals surface area contributed by atoms with Gasteiger partial charge in [0.15, 0.2) is 6.10 Å². The average Bonchev–Trinajstić information content (AvgIpc) is 3.15. The molecule has 2 heterocycles. The summed E-state index contributed by atoms with van der Waals surface area (Å²) >= 11 is 1.39. The second-order valence-electron chi connectivity index (χ2n) is 5.69. The van der Waals surface area contributed by atoms with Crippen molar-refractivity contribution >= 4 is 35.2 Å². The maximum Gasteiger partial charge on any atom is 0.321 e. The molecule has 2 rings (SSSR count). The van der Waals surface area contributed by atoms with Crippen LogP contribution in [-0.2, 0) is 14.3 Å². The first-order chi connectivity index (χ1) is 11.9. The number of urea groups is 1. The average molecular weight is 367 g/mol. The molecule has 1 aromatic rings. The lowest BCUT2D eigenvalue weighted by atomic mass is 9.97. The van der Waals surface area contributed by atoms with Crippen LogP contribution in [0.5, 0.6) is 0 Å². The maximum atomic E-state index is 12.3. The van der Waals surface area contributed by atoms with Crippen LogP contribution in [0.3, 0.4) is 0 Å². The number of amides is 4. The fourth-order valence-electron chi connectivity index (χ4n) is 2.47. The molecule has 1 aliphatic rings. The van der Waals surface area contributed by atoms with E-state index in [-0.39, 0.29) is 11.8 Å². The van der Waals surface area contributed by atoms with Crippen LogP contribution >= 0.6 is 11.3 Å². The second kappa shape index (κ2) is 8.61. The third-order valence-electron chi connectivity index (χ3n) is 3.97. The number of carbonyl (C=O) groups is 4. The van der Waals surface area contributed by atoms with Gasteiger partial charge in [0.1, 0.15) is 0 Å². The van der Waals surface area contributed by atoms with Gasteiger partial charge < -0.3 is 15.0 Å². The van der Waals surface area contributed by atoms with Gasteiger partial charge >= 0.3 is 12.0 Å². The Morgan fingerprint density at radius 1 is 1.28 bits per heavy atom. The highest BCUT2D eigenvalue weighted by atomic mass is 32.1. The largest absolute Gasteiger partial charge is 0.452 e. The van der Waals surface area contributed by atoms with Gasteiger partial charge in [0.2, 0.25) is 0 Å². The van der Waals surface area contributed by atoms with Crippen molar-refractivity contribution in [3.8, 4) is 0 Å². The van der Waals surface area contributed by atoms with Crippen molar-refractivity contribution < 1.29 is 23.9 Å². The van der Waals surface area contributed by atoms with Gasteiger partial charge in [-0.15, -0.1) is 11.3 Å². The molecule has 2 N–H and O–H groups in total. The van der Waals surface area contributed by atoms with Crippen LogP contribution in [0.1, 0.15) is 29.4 Å². The molecule has 0 spiro atoms. The van der Waals surface area contributed by atoms with Crippen molar-refractivity contribution in [1.29, 1.82) is 0 Å². The van der Waals surface area contributed by atoms with E-state index in [4.69, 9.17) is 4.74 Å². The second-order valence-corrected chi connectivity index (χ2v) is 6.64. The number of esters is 1. The Labute approximate surface area is 149 Å². The molecule has 1 aromatic heterocycles. The molecule has 0 bridgehead atoms. The molecule has 136 valence electrons. The molecule has 1 aliphatic heterocycles. The number of imide groups is 1. The third kappa shape index (κ3) is 5.02. The van der Waals surface area contributed by atoms with Crippen molar-refractivity contribution in [3.63, 3.8) is 0 Å². The predicted molar refractivity (Wildman–Crippen MR) is 91.1 cm³/mol. The highest BCUT2D eigenvalue weighted by molar-refractivity contribution is 7.12. The van der Waals surface area contributed by atoms with Crippen LogP contribution < -0.4 is 10.6 Å². The minimum atomic E-state index is -1.06. The Bertz CT molecular complexity index is 638. The van der Waals surface area contributed by atoms with Crippen LogP contribution in [0.15, 0.2) is 17.5 Å². The monoisotopic (exact) mass is 367 g/mol. The summed E-state index contributed by atoms with van der Waals surface area (Å²) < 4.78 is 5.13. The highest BCUT2D eigenvalue weighted by Crippen LogP contribution is 2.22. The molecule has 1 fully saturated rings. The van der Waals surface area contributed by atoms with E-state index < -0.39 is 24.0 Å². The zero-order valence-electron chi connectivity index (χ0n) is 14.1. The molecule has 0 aromatic carbocycles. The fraction of sp³-hybridized carbons (Fsp3) is 0.500. The zero-order chi connectivity index (χ0) is 18.4. The lowest BCUT2D eigenvalue weighted by Gasteiger charge is -2.31. The SMILES string of the molecule is CNC(=O)NC(=O)C(C)OC(=O)C1CCN(C(=O)c2cccs2)CC1. The molecule has 9 heteroatoms. The topological polar surface area (TPSA) is 105 Å². The smallest absolute Gasteiger partial charge is 0.321 e. The lowest BCUT2D eigenvalue weighted by molar-refractivity contribution is -0.159. The first-order valence-corrected chi connectivity index (χ1v) is 8.86. The molecule has 1 unspecified atom stereocenters. The summed E-state index contributed by atoms with van der Waals surface area (Å²) in [6.07, 6.45) is -0.0880. The van der Waals surface area contributed by atoms with E-state index in [1.165, 1.54) is 25.3 Å². The Morgan fingerprint density at radius 2 is 1.96 bits per heavy atom. The van der Waals surface area contributed by atoms with Crippen molar-refractivity contribution in [2.24, 2.45) is 5.92 Å². The fourth-order valence-corrected chi connectivity index (χ4v) is 3.17. The van der Waals surface area contributed by atoms with Gasteiger partial charge in [-0.2, -0.15) is 0 Å². The molecule has 1 atom stereocenters. The highest BCUT2D eigenvalue weighted by Gasteiger charge is 2.31. The number of nitrogens with one attached hydrogen (secondary N) is 2. The normalized spacial score (nSPS) is 16.0. The van der Waals surface area contributed by atoms with E-state index in [1.54, 1.807) is 11.0 Å². The van der Waals surface area contributed by atoms with E-state index >= 15 is 0 Å². The summed E-state index contributed by atoms with van der Waals surface area (Å²) in [5.74, 6) is -1.55. The van der Waals surface area contributed by atoms with E-state index in [0.29, 0.717) is 30.8 Å². The number of nitrogens with zero attached hydrogens (tertiary/aromatic N) is 1. The molecule has 0 aliphatic carbocycles. The molecule has 1 saturated heterocycles. The van der Waals surface area contributed by atoms with Crippen LogP contribution in [0.25, 0.3) is 0 Å². The number of thiophene rings is 1. The first kappa shape index (κ1) is 18.9. The molecule has 0 saturated carbocycles. The summed E-state index contributed by atoms with van der Waals surface area (Å²) in [5.41, 5.74) is 0. The molecule has 0 radical (unpaired) electrons. The molecule has 4 amide bonds. The minimum absolute atomic E-state index is 0.0276. The molecule has 25 heavy (non-hydrogen) atoms. The summed E-state index contributed by atoms with van der Waals surface area (Å²) in [4.78, 5) is 49.6. The zero-order valence-corrected chi connectivity index (χ0v) is 14.9. The summed E-state index contributed by atoms with van der Waals surface area (Å²) in [7, 11) is 1.38. The van der Waals surface area contributed by atoms with Crippen LogP contribution in [-0.4, -0.2) is 55.0 Å². The van der Waals surface area contributed by atoms with Gasteiger partial charge in [-0.05, 0) is 31.2 Å². The Balaban J connectivity index is 1.80. The minimum Gasteiger partial charge on any atom is -0.452 e. The van der Waals surface area contributed by atoms with Gasteiger partial charge in [0.25, 0.3) is 11.8 Å². The quantitative estimate of drug-likeness (QED) is 0.772. The molecular formula is C16H21N3O5S. The predicted octanol–water partition coefficient (Wildman–Crippen LogP) is 0.988. The van der Waals surface area contributed by atoms with Crippen LogP contribution in [0.4, 0.5) is 4.79 Å². The Morgan fingerprint density at radius 3 is 2.52 bits per heavy atom. The van der Waals surface area contributed by atoms with E-state index in [1.807, 2.05) is 11.4 Å². The molecular weight excluding hydrogens is 346 g/mol. The number of likely N-dealkylation sites (tertiary alicyclic amines) is 1. The number of hydrogen-bond acceptors (Lipinski definition) is 6. The standard InChI is InChI=1S/C16H21N3O5S/c1-10(13(20)18-16(23)17-2)24-15(22)11-5-7-19(8-6-11)14(21)12-4-3-9-25-12/h3-4,9-11H,5-8H2,1-2H3,(H2,17,18,20,23). The number of ether oxygens (including phenoxy) is 1. The number of hydrogen-bond donors (Lipinski definition) is 2. The van der Waals surface area contributed by atoms with Crippen LogP contribution in [0, 0.1) is 5.92 Å². The van der Waals surface area contributed by atoms with Crippen molar-refractivity contribution in [1.82, 2.24) is 15.5 Å². The Kier molecular flexibility index (Phi) is 6.51. The summed E-state index contributed by atoms with van der Waals surface area (Å²) in [6, 6.07) is 2.95. The van der Waals surface area contributed by atoms with Gasteiger partial charge in [-0.25, -0.2) is 4.79 Å². The first-order valence-electron chi connectivity index (χ1n) is 7.98. The van der Waals surface area contributed by atoms with Crippen molar-refractivity contribution in [2.45, 2.75) is 25.9 Å². The number of carbonyl (C=O) groups excluding carboxylic acids is 4. The lowest BCUT2D eigenvalue weighted by Crippen LogP contribution is -2.45.